The fourth-order valence-electron chi connectivity index (χ4n) is 8.99. The van der Waals surface area contributed by atoms with Gasteiger partial charge < -0.3 is 53.0 Å². The van der Waals surface area contributed by atoms with Crippen molar-refractivity contribution in [3.05, 3.63) is 83.4 Å². The number of likely N-dealkylation sites (N-methyl/N-ethyl adjacent to an activating group) is 1. The van der Waals surface area contributed by atoms with Crippen LogP contribution in [0.15, 0.2) is 66.7 Å². The second-order valence-electron chi connectivity index (χ2n) is 18.1. The van der Waals surface area contributed by atoms with Gasteiger partial charge in [-0.3, -0.25) is 14.4 Å². The largest absolute Gasteiger partial charge is 0.467 e. The Morgan fingerprint density at radius 1 is 0.773 bits per heavy atom. The minimum Gasteiger partial charge on any atom is -0.467 e. The van der Waals surface area contributed by atoms with Crippen molar-refractivity contribution in [2.24, 2.45) is 0 Å². The average Bonchev–Trinajstić information content (AvgIpc) is 3.57. The first kappa shape index (κ1) is 49.2. The number of alkyl carbamates (subject to hydrolysis) is 1. The molecule has 0 saturated carbocycles. The Morgan fingerprint density at radius 3 is 2.02 bits per heavy atom. The predicted octanol–water partition coefficient (Wildman–Crippen LogP) is 5.94. The molecule has 2 N–H and O–H groups in total. The van der Waals surface area contributed by atoms with Gasteiger partial charge in [-0.05, 0) is 80.5 Å². The van der Waals surface area contributed by atoms with Crippen molar-refractivity contribution in [3.63, 3.8) is 0 Å². The van der Waals surface area contributed by atoms with E-state index in [9.17, 15) is 28.8 Å². The van der Waals surface area contributed by atoms with Crippen molar-refractivity contribution < 1.29 is 71.1 Å². The SMILES string of the molecule is COC(=O)[C@H]1O[C@@H](Oc2ccc(C[N+]3(C)CCCC[C@@H]3C(=O)OC(C)(C)C)cc2NCCCNC(=O)OCC2c3ccccc3-c3ccccc32)[C@H](OC(C)=O)[C@@H](OC(C)=O)[C@@H]1OC(C)=O. The van der Waals surface area contributed by atoms with Crippen molar-refractivity contribution in [2.75, 3.05) is 45.7 Å². The Bertz CT molecular complexity index is 2210. The van der Waals surface area contributed by atoms with Crippen LogP contribution in [0.25, 0.3) is 11.1 Å². The molecule has 2 fully saturated rings. The van der Waals surface area contributed by atoms with Crippen LogP contribution in [0.1, 0.15) is 89.8 Å². The number of nitrogens with one attached hydrogen (secondary N) is 2. The number of hydrogen-bond acceptors (Lipinski definition) is 15. The highest BCUT2D eigenvalue weighted by molar-refractivity contribution is 5.79. The Labute approximate surface area is 385 Å². The molecule has 1 amide bonds. The predicted molar refractivity (Wildman–Crippen MR) is 239 cm³/mol. The molecule has 3 aromatic carbocycles. The maximum atomic E-state index is 13.5. The minimum atomic E-state index is -1.66. The second-order valence-corrected chi connectivity index (χ2v) is 18.1. The van der Waals surface area contributed by atoms with Crippen LogP contribution in [0.2, 0.25) is 0 Å². The van der Waals surface area contributed by atoms with E-state index in [2.05, 4.69) is 34.9 Å². The molecule has 0 bridgehead atoms. The number of rotatable bonds is 16. The molecule has 2 heterocycles. The number of benzene rings is 3. The third kappa shape index (κ3) is 12.2. The number of ether oxygens (including phenoxy) is 8. The minimum absolute atomic E-state index is 0.0854. The van der Waals surface area contributed by atoms with Gasteiger partial charge in [0, 0.05) is 51.8 Å². The summed E-state index contributed by atoms with van der Waals surface area (Å²) in [5, 5.41) is 6.22. The van der Waals surface area contributed by atoms with Crippen molar-refractivity contribution >= 4 is 41.6 Å². The molecule has 7 atom stereocenters. The number of esters is 5. The Morgan fingerprint density at radius 2 is 1.39 bits per heavy atom. The Balaban J connectivity index is 1.22. The molecule has 356 valence electrons. The van der Waals surface area contributed by atoms with Crippen molar-refractivity contribution in [1.82, 2.24) is 5.32 Å². The first-order chi connectivity index (χ1) is 31.4. The molecule has 0 aromatic heterocycles. The lowest BCUT2D eigenvalue weighted by atomic mass is 9.97. The molecule has 66 heavy (non-hydrogen) atoms. The number of anilines is 1. The van der Waals surface area contributed by atoms with E-state index in [1.54, 1.807) is 6.07 Å². The number of amides is 1. The number of carbonyl (C=O) groups excluding carboxylic acids is 6. The third-order valence-electron chi connectivity index (χ3n) is 11.8. The number of fused-ring (bicyclic) bond motifs is 3. The van der Waals surface area contributed by atoms with Gasteiger partial charge in [0.15, 0.2) is 24.4 Å². The van der Waals surface area contributed by atoms with Crippen LogP contribution >= 0.6 is 0 Å². The quantitative estimate of drug-likeness (QED) is 0.0740. The van der Waals surface area contributed by atoms with Crippen LogP contribution in [0.5, 0.6) is 5.75 Å². The molecule has 6 rings (SSSR count). The molecule has 2 saturated heterocycles. The maximum absolute atomic E-state index is 13.5. The molecule has 0 radical (unpaired) electrons. The van der Waals surface area contributed by atoms with Crippen molar-refractivity contribution in [3.8, 4) is 16.9 Å². The van der Waals surface area contributed by atoms with E-state index in [0.29, 0.717) is 36.1 Å². The number of nitrogens with zero attached hydrogens (tertiary/aromatic N) is 1. The van der Waals surface area contributed by atoms with Gasteiger partial charge in [0.2, 0.25) is 12.4 Å². The van der Waals surface area contributed by atoms with Crippen LogP contribution in [0, 0.1) is 0 Å². The molecule has 3 aliphatic rings. The molecule has 3 aromatic rings. The Kier molecular flexibility index (Phi) is 16.0. The summed E-state index contributed by atoms with van der Waals surface area (Å²) in [4.78, 5) is 76.8. The number of quaternary nitrogens is 1. The van der Waals surface area contributed by atoms with Gasteiger partial charge in [0.1, 0.15) is 24.5 Å². The van der Waals surface area contributed by atoms with Gasteiger partial charge in [-0.2, -0.15) is 0 Å². The van der Waals surface area contributed by atoms with Crippen LogP contribution in [0.3, 0.4) is 0 Å². The zero-order valence-electron chi connectivity index (χ0n) is 38.9. The lowest BCUT2D eigenvalue weighted by molar-refractivity contribution is -0.942. The zero-order valence-corrected chi connectivity index (χ0v) is 38.9. The molecule has 17 nitrogen and oxygen atoms in total. The lowest BCUT2D eigenvalue weighted by Gasteiger charge is -2.44. The molecular formula is C49H62N3O14+. The van der Waals surface area contributed by atoms with E-state index in [4.69, 9.17) is 37.9 Å². The number of carbonyl (C=O) groups is 6. The van der Waals surface area contributed by atoms with Crippen LogP contribution < -0.4 is 15.4 Å². The maximum Gasteiger partial charge on any atom is 0.407 e. The third-order valence-corrected chi connectivity index (χ3v) is 11.8. The van der Waals surface area contributed by atoms with Crippen LogP contribution in [-0.4, -0.2) is 123 Å². The molecule has 17 heteroatoms. The summed E-state index contributed by atoms with van der Waals surface area (Å²) < 4.78 is 46.0. The van der Waals surface area contributed by atoms with Gasteiger partial charge in [0.25, 0.3) is 0 Å². The number of hydrogen-bond donors (Lipinski definition) is 2. The summed E-state index contributed by atoms with van der Waals surface area (Å²) >= 11 is 0. The summed E-state index contributed by atoms with van der Waals surface area (Å²) in [6.07, 6.45) is -5.53. The highest BCUT2D eigenvalue weighted by Gasteiger charge is 2.56. The molecule has 1 unspecified atom stereocenters. The average molecular weight is 917 g/mol. The molecule has 2 aliphatic heterocycles. The first-order valence-corrected chi connectivity index (χ1v) is 22.3. The molecule has 1 aliphatic carbocycles. The standard InChI is InChI=1S/C49H61N3O14/c1-29(53)61-41-42(62-30(2)54)44(63-31(3)55)47(65-43(41)46(57)59-8)64-40-22-21-32(27-52(7)25-14-13-20-39(52)45(56)66-49(4,5)6)26-38(40)50-23-15-24-51-48(58)60-28-37-35-18-11-9-16-33(35)34-17-10-12-19-36(34)37/h9-12,16-19,21-22,26,37,39,41-44,47,50H,13-15,20,23-25,27-28H2,1-8H3/p+1/t39-,41+,42+,43+,44-,47-,52?/m1/s1. The highest BCUT2D eigenvalue weighted by atomic mass is 16.7. The number of piperidine rings is 1. The van der Waals surface area contributed by atoms with Gasteiger partial charge >= 0.3 is 35.9 Å². The fourth-order valence-corrected chi connectivity index (χ4v) is 8.99. The summed E-state index contributed by atoms with van der Waals surface area (Å²) in [7, 11) is 3.15. The smallest absolute Gasteiger partial charge is 0.407 e. The topological polar surface area (TPSA) is 200 Å². The van der Waals surface area contributed by atoms with E-state index in [0.717, 1.165) is 75.1 Å². The number of methoxy groups -OCH3 is 1. The van der Waals surface area contributed by atoms with Gasteiger partial charge in [-0.25, -0.2) is 14.4 Å². The van der Waals surface area contributed by atoms with Gasteiger partial charge in [-0.1, -0.05) is 48.5 Å². The summed E-state index contributed by atoms with van der Waals surface area (Å²) in [6.45, 7) is 10.8. The second kappa shape index (κ2) is 21.4. The summed E-state index contributed by atoms with van der Waals surface area (Å²) in [5.74, 6) is -3.58. The monoisotopic (exact) mass is 916 g/mol. The lowest BCUT2D eigenvalue weighted by Crippen LogP contribution is -2.64. The van der Waals surface area contributed by atoms with E-state index < -0.39 is 72.3 Å². The first-order valence-electron chi connectivity index (χ1n) is 22.3. The van der Waals surface area contributed by atoms with Crippen molar-refractivity contribution in [1.29, 1.82) is 0 Å². The van der Waals surface area contributed by atoms with Crippen LogP contribution in [-0.2, 0) is 63.7 Å². The fraction of sp³-hybridized carbons (Fsp3) is 0.510. The number of likely N-dealkylation sites (tertiary alicyclic amines) is 1. The Hall–Kier alpha value is -6.20. The van der Waals surface area contributed by atoms with E-state index in [-0.39, 0.29) is 30.8 Å². The normalized spacial score (nSPS) is 23.5. The van der Waals surface area contributed by atoms with E-state index in [1.807, 2.05) is 64.2 Å². The molecule has 0 spiro atoms. The van der Waals surface area contributed by atoms with Crippen molar-refractivity contribution in [2.45, 2.75) is 122 Å². The zero-order chi connectivity index (χ0) is 47.8. The van der Waals surface area contributed by atoms with Gasteiger partial charge in [0.05, 0.1) is 26.4 Å². The van der Waals surface area contributed by atoms with E-state index in [1.165, 1.54) is 0 Å². The van der Waals surface area contributed by atoms with Gasteiger partial charge in [-0.15, -0.1) is 0 Å². The summed E-state index contributed by atoms with van der Waals surface area (Å²) in [5.41, 5.74) is 5.13. The van der Waals surface area contributed by atoms with Crippen LogP contribution in [0.4, 0.5) is 10.5 Å². The van der Waals surface area contributed by atoms with E-state index >= 15 is 0 Å². The molecular weight excluding hydrogens is 855 g/mol. The summed E-state index contributed by atoms with van der Waals surface area (Å²) in [6, 6.07) is 21.2. The highest BCUT2D eigenvalue weighted by Crippen LogP contribution is 2.44.